The van der Waals surface area contributed by atoms with E-state index in [-0.39, 0.29) is 11.8 Å². The van der Waals surface area contributed by atoms with Crippen molar-refractivity contribution >= 4 is 23.4 Å². The van der Waals surface area contributed by atoms with Crippen LogP contribution in [0.1, 0.15) is 42.5 Å². The van der Waals surface area contributed by atoms with Crippen molar-refractivity contribution in [3.8, 4) is 0 Å². The van der Waals surface area contributed by atoms with Gasteiger partial charge in [-0.1, -0.05) is 11.6 Å². The largest absolute Gasteiger partial charge is 0.352 e. The van der Waals surface area contributed by atoms with Crippen molar-refractivity contribution in [3.05, 3.63) is 34.9 Å². The van der Waals surface area contributed by atoms with Crippen LogP contribution >= 0.6 is 11.6 Å². The van der Waals surface area contributed by atoms with Gasteiger partial charge in [-0.05, 0) is 56.5 Å². The molecule has 3 rings (SSSR count). The number of nitrogens with zero attached hydrogens (tertiary/aromatic N) is 1. The molecule has 0 spiro atoms. The fourth-order valence-corrected chi connectivity index (χ4v) is 3.79. The van der Waals surface area contributed by atoms with E-state index in [1.165, 1.54) is 0 Å². The standard InChI is InChI=1S/C18H24ClN3O2/c19-14-5-3-13(4-6-14)18(24)21-10-1-2-17(23)22-15-7-8-16(22)12-20-11-9-15/h3-6,15-16,20H,1-2,7-12H2,(H,21,24). The fraction of sp³-hybridized carbons (Fsp3) is 0.556. The van der Waals surface area contributed by atoms with E-state index in [2.05, 4.69) is 15.5 Å². The van der Waals surface area contributed by atoms with E-state index in [0.29, 0.717) is 42.1 Å². The Hall–Kier alpha value is -1.59. The molecule has 2 aliphatic rings. The Labute approximate surface area is 147 Å². The van der Waals surface area contributed by atoms with E-state index in [0.717, 1.165) is 32.4 Å². The number of carbonyl (C=O) groups is 2. The molecule has 2 aliphatic heterocycles. The first kappa shape index (κ1) is 17.2. The monoisotopic (exact) mass is 349 g/mol. The molecule has 2 N–H and O–H groups in total. The van der Waals surface area contributed by atoms with Gasteiger partial charge in [0, 0.05) is 42.2 Å². The zero-order valence-corrected chi connectivity index (χ0v) is 14.5. The summed E-state index contributed by atoms with van der Waals surface area (Å²) in [6.45, 7) is 2.42. The molecule has 1 aromatic rings. The number of fused-ring (bicyclic) bond motifs is 2. The van der Waals surface area contributed by atoms with Gasteiger partial charge >= 0.3 is 0 Å². The summed E-state index contributed by atoms with van der Waals surface area (Å²) in [5.41, 5.74) is 0.586. The zero-order valence-electron chi connectivity index (χ0n) is 13.8. The molecular weight excluding hydrogens is 326 g/mol. The van der Waals surface area contributed by atoms with Crippen LogP contribution in [0.5, 0.6) is 0 Å². The number of amides is 2. The van der Waals surface area contributed by atoms with Gasteiger partial charge in [-0.2, -0.15) is 0 Å². The molecule has 2 amide bonds. The predicted molar refractivity (Wildman–Crippen MR) is 94.2 cm³/mol. The lowest BCUT2D eigenvalue weighted by atomic mass is 10.1. The summed E-state index contributed by atoms with van der Waals surface area (Å²) in [7, 11) is 0. The SMILES string of the molecule is O=C(NCCCC(=O)N1C2CCNCC1CC2)c1ccc(Cl)cc1. The van der Waals surface area contributed by atoms with Gasteiger partial charge in [-0.15, -0.1) is 0 Å². The highest BCUT2D eigenvalue weighted by atomic mass is 35.5. The molecule has 2 heterocycles. The van der Waals surface area contributed by atoms with Crippen molar-refractivity contribution in [3.63, 3.8) is 0 Å². The fourth-order valence-electron chi connectivity index (χ4n) is 3.66. The molecule has 2 unspecified atom stereocenters. The molecule has 0 radical (unpaired) electrons. The average molecular weight is 350 g/mol. The van der Waals surface area contributed by atoms with Crippen LogP contribution in [0.3, 0.4) is 0 Å². The minimum absolute atomic E-state index is 0.127. The summed E-state index contributed by atoms with van der Waals surface area (Å²) in [4.78, 5) is 26.6. The van der Waals surface area contributed by atoms with Gasteiger partial charge in [0.2, 0.25) is 5.91 Å². The van der Waals surface area contributed by atoms with Crippen LogP contribution in [0.2, 0.25) is 5.02 Å². The molecule has 2 atom stereocenters. The van der Waals surface area contributed by atoms with Gasteiger partial charge in [0.15, 0.2) is 0 Å². The molecule has 2 fully saturated rings. The quantitative estimate of drug-likeness (QED) is 0.801. The molecule has 1 aromatic carbocycles. The number of rotatable bonds is 5. The highest BCUT2D eigenvalue weighted by molar-refractivity contribution is 6.30. The molecule has 5 nitrogen and oxygen atoms in total. The smallest absolute Gasteiger partial charge is 0.251 e. The van der Waals surface area contributed by atoms with E-state index in [1.807, 2.05) is 0 Å². The molecule has 2 saturated heterocycles. The highest BCUT2D eigenvalue weighted by Crippen LogP contribution is 2.28. The maximum absolute atomic E-state index is 12.5. The van der Waals surface area contributed by atoms with Gasteiger partial charge in [0.1, 0.15) is 0 Å². The second-order valence-electron chi connectivity index (χ2n) is 6.55. The van der Waals surface area contributed by atoms with E-state index in [4.69, 9.17) is 11.6 Å². The summed E-state index contributed by atoms with van der Waals surface area (Å²) in [6, 6.07) is 7.55. The van der Waals surface area contributed by atoms with Crippen molar-refractivity contribution in [2.24, 2.45) is 0 Å². The third kappa shape index (κ3) is 4.08. The molecule has 2 bridgehead atoms. The van der Waals surface area contributed by atoms with E-state index >= 15 is 0 Å². The first-order valence-electron chi connectivity index (χ1n) is 8.71. The van der Waals surface area contributed by atoms with E-state index < -0.39 is 0 Å². The van der Waals surface area contributed by atoms with Crippen LogP contribution in [-0.2, 0) is 4.79 Å². The normalized spacial score (nSPS) is 23.0. The lowest BCUT2D eigenvalue weighted by Gasteiger charge is -2.28. The van der Waals surface area contributed by atoms with E-state index in [9.17, 15) is 9.59 Å². The van der Waals surface area contributed by atoms with Crippen LogP contribution in [0.25, 0.3) is 0 Å². The van der Waals surface area contributed by atoms with Crippen LogP contribution in [0.4, 0.5) is 0 Å². The van der Waals surface area contributed by atoms with Gasteiger partial charge in [0.05, 0.1) is 0 Å². The third-order valence-corrected chi connectivity index (χ3v) is 5.15. The zero-order chi connectivity index (χ0) is 16.9. The Bertz CT molecular complexity index is 576. The molecule has 130 valence electrons. The Morgan fingerprint density at radius 2 is 1.92 bits per heavy atom. The Morgan fingerprint density at radius 3 is 2.71 bits per heavy atom. The van der Waals surface area contributed by atoms with Crippen molar-refractivity contribution in [1.82, 2.24) is 15.5 Å². The number of carbonyl (C=O) groups excluding carboxylic acids is 2. The van der Waals surface area contributed by atoms with Crippen LogP contribution in [0.15, 0.2) is 24.3 Å². The van der Waals surface area contributed by atoms with Gasteiger partial charge in [-0.25, -0.2) is 0 Å². The first-order valence-corrected chi connectivity index (χ1v) is 9.08. The summed E-state index contributed by atoms with van der Waals surface area (Å²) >= 11 is 5.81. The number of halogens is 1. The minimum Gasteiger partial charge on any atom is -0.352 e. The number of benzene rings is 1. The number of hydrogen-bond acceptors (Lipinski definition) is 3. The third-order valence-electron chi connectivity index (χ3n) is 4.90. The second kappa shape index (κ2) is 7.99. The maximum Gasteiger partial charge on any atom is 0.251 e. The van der Waals surface area contributed by atoms with E-state index in [1.54, 1.807) is 24.3 Å². The molecule has 0 aliphatic carbocycles. The van der Waals surface area contributed by atoms with Crippen molar-refractivity contribution in [2.45, 2.75) is 44.2 Å². The lowest BCUT2D eigenvalue weighted by molar-refractivity contribution is -0.133. The summed E-state index contributed by atoms with van der Waals surface area (Å²) in [5.74, 6) is 0.102. The molecule has 0 aromatic heterocycles. The van der Waals surface area contributed by atoms with Crippen LogP contribution < -0.4 is 10.6 Å². The number of hydrogen-bond donors (Lipinski definition) is 2. The molecular formula is C18H24ClN3O2. The van der Waals surface area contributed by atoms with Crippen LogP contribution in [-0.4, -0.2) is 48.4 Å². The molecule has 24 heavy (non-hydrogen) atoms. The van der Waals surface area contributed by atoms with Crippen molar-refractivity contribution in [2.75, 3.05) is 19.6 Å². The van der Waals surface area contributed by atoms with Crippen LogP contribution in [0, 0.1) is 0 Å². The molecule has 6 heteroatoms. The van der Waals surface area contributed by atoms with Crippen molar-refractivity contribution < 1.29 is 9.59 Å². The predicted octanol–water partition coefficient (Wildman–Crippen LogP) is 2.20. The van der Waals surface area contributed by atoms with Gasteiger partial charge < -0.3 is 15.5 Å². The number of nitrogens with one attached hydrogen (secondary N) is 2. The Kier molecular flexibility index (Phi) is 5.74. The summed E-state index contributed by atoms with van der Waals surface area (Å²) in [6.07, 6.45) is 4.45. The summed E-state index contributed by atoms with van der Waals surface area (Å²) in [5, 5.41) is 6.88. The first-order chi connectivity index (χ1) is 11.6. The summed E-state index contributed by atoms with van der Waals surface area (Å²) < 4.78 is 0. The van der Waals surface area contributed by atoms with Gasteiger partial charge in [-0.3, -0.25) is 9.59 Å². The average Bonchev–Trinajstić information content (AvgIpc) is 2.84. The lowest BCUT2D eigenvalue weighted by Crippen LogP contribution is -2.42. The molecule has 0 saturated carbocycles. The minimum atomic E-state index is -0.127. The second-order valence-corrected chi connectivity index (χ2v) is 6.98. The topological polar surface area (TPSA) is 61.4 Å². The Morgan fingerprint density at radius 1 is 1.17 bits per heavy atom. The van der Waals surface area contributed by atoms with Crippen molar-refractivity contribution in [1.29, 1.82) is 0 Å². The van der Waals surface area contributed by atoms with Gasteiger partial charge in [0.25, 0.3) is 5.91 Å². The highest BCUT2D eigenvalue weighted by Gasteiger charge is 2.37. The maximum atomic E-state index is 12.5. The Balaban J connectivity index is 1.42.